The molecule has 0 fully saturated rings. The van der Waals surface area contributed by atoms with Gasteiger partial charge in [-0.05, 0) is 53.9 Å². The van der Waals surface area contributed by atoms with Gasteiger partial charge in [0.2, 0.25) is 0 Å². The molecule has 6 heteroatoms. The number of nitrogens with one attached hydrogen (secondary N) is 1. The van der Waals surface area contributed by atoms with Gasteiger partial charge in [-0.3, -0.25) is 4.79 Å². The number of ether oxygens (including phenoxy) is 2. The summed E-state index contributed by atoms with van der Waals surface area (Å²) in [4.78, 5) is 18.0. The Bertz CT molecular complexity index is 996. The number of aromatic amines is 1. The van der Waals surface area contributed by atoms with Crippen LogP contribution < -0.4 is 9.47 Å². The molecule has 1 aliphatic heterocycles. The van der Waals surface area contributed by atoms with E-state index in [0.717, 1.165) is 28.6 Å². The molecule has 0 aliphatic carbocycles. The maximum Gasteiger partial charge on any atom is 0.270 e. The average Bonchev–Trinajstić information content (AvgIpc) is 3.08. The second kappa shape index (κ2) is 6.57. The van der Waals surface area contributed by atoms with Gasteiger partial charge in [-0.1, -0.05) is 11.6 Å². The summed E-state index contributed by atoms with van der Waals surface area (Å²) in [5, 5.41) is 1.59. The van der Waals surface area contributed by atoms with Gasteiger partial charge in [0.15, 0.2) is 11.5 Å². The van der Waals surface area contributed by atoms with Gasteiger partial charge in [-0.15, -0.1) is 0 Å². The summed E-state index contributed by atoms with van der Waals surface area (Å²) >= 11 is 6.03. The van der Waals surface area contributed by atoms with Gasteiger partial charge in [-0.2, -0.15) is 0 Å². The molecule has 1 aromatic heterocycles. The molecule has 5 nitrogen and oxygen atoms in total. The van der Waals surface area contributed by atoms with Crippen molar-refractivity contribution in [1.29, 1.82) is 0 Å². The molecule has 0 saturated heterocycles. The second-order valence-electron chi connectivity index (χ2n) is 6.37. The third kappa shape index (κ3) is 2.88. The Hall–Kier alpha value is -2.66. The number of rotatable bonds is 3. The summed E-state index contributed by atoms with van der Waals surface area (Å²) in [6, 6.07) is 11.4. The largest absolute Gasteiger partial charge is 0.493 e. The normalized spacial score (nSPS) is 13.6. The van der Waals surface area contributed by atoms with Crippen molar-refractivity contribution in [3.63, 3.8) is 0 Å². The molecule has 1 N–H and O–H groups in total. The predicted molar refractivity (Wildman–Crippen MR) is 101 cm³/mol. The molecule has 2 heterocycles. The SMILES string of the molecule is COc1cc2c(cc1OC)CN(C(=O)c1cc3cc(Cl)ccc3[nH]1)CC2. The number of hydrogen-bond donors (Lipinski definition) is 1. The number of carbonyl (C=O) groups excluding carboxylic acids is 1. The minimum Gasteiger partial charge on any atom is -0.493 e. The predicted octanol–water partition coefficient (Wildman–Crippen LogP) is 4.04. The first-order valence-corrected chi connectivity index (χ1v) is 8.78. The number of nitrogens with zero attached hydrogens (tertiary/aromatic N) is 1. The second-order valence-corrected chi connectivity index (χ2v) is 6.80. The van der Waals surface area contributed by atoms with Crippen molar-refractivity contribution in [2.24, 2.45) is 0 Å². The maximum absolute atomic E-state index is 12.9. The Labute approximate surface area is 156 Å². The lowest BCUT2D eigenvalue weighted by molar-refractivity contribution is 0.0729. The van der Waals surface area contributed by atoms with Crippen LogP contribution in [0.5, 0.6) is 11.5 Å². The third-order valence-corrected chi connectivity index (χ3v) is 5.05. The quantitative estimate of drug-likeness (QED) is 0.757. The van der Waals surface area contributed by atoms with Crippen molar-refractivity contribution in [3.05, 3.63) is 58.2 Å². The van der Waals surface area contributed by atoms with E-state index in [1.807, 2.05) is 41.3 Å². The molecule has 4 rings (SSSR count). The van der Waals surface area contributed by atoms with Crippen molar-refractivity contribution in [2.75, 3.05) is 20.8 Å². The van der Waals surface area contributed by atoms with Crippen LogP contribution in [0, 0.1) is 0 Å². The number of H-pyrrole nitrogens is 1. The van der Waals surface area contributed by atoms with E-state index in [1.54, 1.807) is 14.2 Å². The highest BCUT2D eigenvalue weighted by Crippen LogP contribution is 2.33. The summed E-state index contributed by atoms with van der Waals surface area (Å²) in [6.07, 6.45) is 0.785. The zero-order valence-electron chi connectivity index (χ0n) is 14.6. The standard InChI is InChI=1S/C20H19ClN2O3/c1-25-18-9-12-5-6-23(11-14(12)10-19(18)26-2)20(24)17-8-13-7-15(21)3-4-16(13)22-17/h3-4,7-10,22H,5-6,11H2,1-2H3. The smallest absolute Gasteiger partial charge is 0.270 e. The summed E-state index contributed by atoms with van der Waals surface area (Å²) in [7, 11) is 3.25. The lowest BCUT2D eigenvalue weighted by atomic mass is 9.98. The van der Waals surface area contributed by atoms with Crippen LogP contribution in [0.3, 0.4) is 0 Å². The van der Waals surface area contributed by atoms with Crippen LogP contribution in [-0.2, 0) is 13.0 Å². The molecule has 0 saturated carbocycles. The van der Waals surface area contributed by atoms with Gasteiger partial charge in [-0.25, -0.2) is 0 Å². The number of fused-ring (bicyclic) bond motifs is 2. The molecule has 1 amide bonds. The van der Waals surface area contributed by atoms with E-state index in [0.29, 0.717) is 29.6 Å². The molecule has 2 aromatic carbocycles. The zero-order valence-corrected chi connectivity index (χ0v) is 15.4. The first-order chi connectivity index (χ1) is 12.6. The lowest BCUT2D eigenvalue weighted by Crippen LogP contribution is -2.36. The highest BCUT2D eigenvalue weighted by atomic mass is 35.5. The molecule has 3 aromatic rings. The van der Waals surface area contributed by atoms with Crippen molar-refractivity contribution in [1.82, 2.24) is 9.88 Å². The minimum atomic E-state index is -0.0160. The number of hydrogen-bond acceptors (Lipinski definition) is 3. The topological polar surface area (TPSA) is 54.6 Å². The number of benzene rings is 2. The lowest BCUT2D eigenvalue weighted by Gasteiger charge is -2.29. The Balaban J connectivity index is 1.62. The molecular weight excluding hydrogens is 352 g/mol. The van der Waals surface area contributed by atoms with Gasteiger partial charge in [0, 0.05) is 29.0 Å². The summed E-state index contributed by atoms with van der Waals surface area (Å²) in [5.41, 5.74) is 3.75. The van der Waals surface area contributed by atoms with E-state index in [4.69, 9.17) is 21.1 Å². The number of methoxy groups -OCH3 is 2. The molecular formula is C20H19ClN2O3. The molecule has 0 bridgehead atoms. The molecule has 1 aliphatic rings. The fraction of sp³-hybridized carbons (Fsp3) is 0.250. The first-order valence-electron chi connectivity index (χ1n) is 8.40. The fourth-order valence-corrected chi connectivity index (χ4v) is 3.63. The number of amides is 1. The van der Waals surface area contributed by atoms with Crippen LogP contribution in [0.2, 0.25) is 5.02 Å². The van der Waals surface area contributed by atoms with E-state index in [1.165, 1.54) is 5.56 Å². The molecule has 26 heavy (non-hydrogen) atoms. The third-order valence-electron chi connectivity index (χ3n) is 4.82. The molecule has 0 unspecified atom stereocenters. The van der Waals surface area contributed by atoms with E-state index < -0.39 is 0 Å². The van der Waals surface area contributed by atoms with Gasteiger partial charge < -0.3 is 19.4 Å². The average molecular weight is 371 g/mol. The van der Waals surface area contributed by atoms with Gasteiger partial charge in [0.05, 0.1) is 14.2 Å². The van der Waals surface area contributed by atoms with Crippen LogP contribution in [-0.4, -0.2) is 36.6 Å². The van der Waals surface area contributed by atoms with Gasteiger partial charge in [0.1, 0.15) is 5.69 Å². The van der Waals surface area contributed by atoms with Gasteiger partial charge in [0.25, 0.3) is 5.91 Å². The van der Waals surface area contributed by atoms with Crippen molar-refractivity contribution >= 4 is 28.4 Å². The highest BCUT2D eigenvalue weighted by Gasteiger charge is 2.24. The Morgan fingerprint density at radius 1 is 1.08 bits per heavy atom. The Kier molecular flexibility index (Phi) is 4.24. The Morgan fingerprint density at radius 3 is 2.54 bits per heavy atom. The van der Waals surface area contributed by atoms with Crippen LogP contribution >= 0.6 is 11.6 Å². The maximum atomic E-state index is 12.9. The van der Waals surface area contributed by atoms with E-state index >= 15 is 0 Å². The molecule has 0 radical (unpaired) electrons. The number of aromatic nitrogens is 1. The minimum absolute atomic E-state index is 0.0160. The molecule has 0 spiro atoms. The van der Waals surface area contributed by atoms with E-state index in [2.05, 4.69) is 4.98 Å². The number of carbonyl (C=O) groups is 1. The Morgan fingerprint density at radius 2 is 1.81 bits per heavy atom. The fourth-order valence-electron chi connectivity index (χ4n) is 3.45. The first kappa shape index (κ1) is 16.8. The van der Waals surface area contributed by atoms with Crippen LogP contribution in [0.1, 0.15) is 21.6 Å². The summed E-state index contributed by atoms with van der Waals surface area (Å²) in [6.45, 7) is 1.21. The van der Waals surface area contributed by atoms with Crippen LogP contribution in [0.4, 0.5) is 0 Å². The van der Waals surface area contributed by atoms with Crippen molar-refractivity contribution < 1.29 is 14.3 Å². The van der Waals surface area contributed by atoms with Crippen molar-refractivity contribution in [3.8, 4) is 11.5 Å². The van der Waals surface area contributed by atoms with E-state index in [9.17, 15) is 4.79 Å². The molecule has 134 valence electrons. The summed E-state index contributed by atoms with van der Waals surface area (Å²) < 4.78 is 10.8. The number of halogens is 1. The highest BCUT2D eigenvalue weighted by molar-refractivity contribution is 6.31. The van der Waals surface area contributed by atoms with Crippen LogP contribution in [0.15, 0.2) is 36.4 Å². The van der Waals surface area contributed by atoms with Gasteiger partial charge >= 0.3 is 0 Å². The summed E-state index contributed by atoms with van der Waals surface area (Å²) in [5.74, 6) is 1.39. The zero-order chi connectivity index (χ0) is 18.3. The van der Waals surface area contributed by atoms with Crippen LogP contribution in [0.25, 0.3) is 10.9 Å². The molecule has 0 atom stereocenters. The monoisotopic (exact) mass is 370 g/mol. The van der Waals surface area contributed by atoms with E-state index in [-0.39, 0.29) is 5.91 Å². The van der Waals surface area contributed by atoms with Crippen molar-refractivity contribution in [2.45, 2.75) is 13.0 Å².